The van der Waals surface area contributed by atoms with Gasteiger partial charge in [0, 0.05) is 18.1 Å². The quantitative estimate of drug-likeness (QED) is 0.590. The fourth-order valence-corrected chi connectivity index (χ4v) is 3.64. The van der Waals surface area contributed by atoms with Crippen LogP contribution in [0.15, 0.2) is 0 Å². The minimum atomic E-state index is 0.343. The average Bonchev–Trinajstić information content (AvgIpc) is 2.20. The summed E-state index contributed by atoms with van der Waals surface area (Å²) < 4.78 is 0. The van der Waals surface area contributed by atoms with Crippen LogP contribution < -0.4 is 0 Å². The first-order valence-electron chi connectivity index (χ1n) is 6.48. The summed E-state index contributed by atoms with van der Waals surface area (Å²) in [5.41, 5.74) is 0.780. The van der Waals surface area contributed by atoms with Crippen molar-refractivity contribution in [3.05, 3.63) is 0 Å². The first kappa shape index (κ1) is 11.4. The van der Waals surface area contributed by atoms with Gasteiger partial charge in [-0.05, 0) is 50.9 Å². The summed E-state index contributed by atoms with van der Waals surface area (Å²) in [7, 11) is 0. The highest BCUT2D eigenvalue weighted by atomic mass is 15.3. The Labute approximate surface area is 95.2 Å². The number of hydrogen-bond acceptors (Lipinski definition) is 1. The molecule has 1 nitrogen and oxygen atoms in total. The molecule has 1 saturated carbocycles. The van der Waals surface area contributed by atoms with Gasteiger partial charge in [-0.25, -0.2) is 0 Å². The van der Waals surface area contributed by atoms with Crippen molar-refractivity contribution in [2.24, 2.45) is 17.3 Å². The number of nitrogens with zero attached hydrogens (tertiary/aromatic N) is 1. The standard InChI is InChI=1S/C14H27N/c1-13(2,3)12-11-8-7-10(11)9-15(12)14(4,5)6/h10-12H,7-9H2,1-6H3/t10-,11?,12-/m0/s1. The summed E-state index contributed by atoms with van der Waals surface area (Å²) in [5, 5.41) is 0. The van der Waals surface area contributed by atoms with Crippen LogP contribution in [0.3, 0.4) is 0 Å². The average molecular weight is 209 g/mol. The van der Waals surface area contributed by atoms with Crippen molar-refractivity contribution in [3.8, 4) is 0 Å². The molecule has 2 fully saturated rings. The van der Waals surface area contributed by atoms with Crippen molar-refractivity contribution in [1.29, 1.82) is 0 Å². The topological polar surface area (TPSA) is 3.24 Å². The normalized spacial score (nSPS) is 37.6. The number of rotatable bonds is 0. The Morgan fingerprint density at radius 2 is 1.53 bits per heavy atom. The molecule has 15 heavy (non-hydrogen) atoms. The molecule has 2 aliphatic rings. The Bertz CT molecular complexity index is 243. The van der Waals surface area contributed by atoms with Crippen LogP contribution in [0, 0.1) is 17.3 Å². The van der Waals surface area contributed by atoms with E-state index in [-0.39, 0.29) is 0 Å². The van der Waals surface area contributed by atoms with E-state index in [1.807, 2.05) is 0 Å². The molecule has 0 aromatic carbocycles. The van der Waals surface area contributed by atoms with Gasteiger partial charge in [-0.3, -0.25) is 4.90 Å². The van der Waals surface area contributed by atoms with Gasteiger partial charge in [0.1, 0.15) is 0 Å². The number of likely N-dealkylation sites (tertiary alicyclic amines) is 1. The van der Waals surface area contributed by atoms with E-state index in [2.05, 4.69) is 46.4 Å². The molecule has 1 saturated heterocycles. The molecular formula is C14H27N. The molecule has 3 atom stereocenters. The fourth-order valence-electron chi connectivity index (χ4n) is 3.64. The lowest BCUT2D eigenvalue weighted by Gasteiger charge is -2.46. The number of hydrogen-bond donors (Lipinski definition) is 0. The summed E-state index contributed by atoms with van der Waals surface area (Å²) in [4.78, 5) is 2.77. The van der Waals surface area contributed by atoms with E-state index in [4.69, 9.17) is 0 Å². The van der Waals surface area contributed by atoms with E-state index >= 15 is 0 Å². The van der Waals surface area contributed by atoms with Crippen LogP contribution in [0.5, 0.6) is 0 Å². The lowest BCUT2D eigenvalue weighted by molar-refractivity contribution is 0.0327. The molecule has 1 aliphatic heterocycles. The molecular weight excluding hydrogens is 182 g/mol. The van der Waals surface area contributed by atoms with E-state index < -0.39 is 0 Å². The van der Waals surface area contributed by atoms with E-state index in [0.717, 1.165) is 17.9 Å². The molecule has 1 unspecified atom stereocenters. The third-order valence-electron chi connectivity index (χ3n) is 4.40. The molecule has 0 N–H and O–H groups in total. The monoisotopic (exact) mass is 209 g/mol. The minimum Gasteiger partial charge on any atom is -0.294 e. The fraction of sp³-hybridized carbons (Fsp3) is 1.00. The summed E-state index contributed by atoms with van der Waals surface area (Å²) in [6.07, 6.45) is 2.95. The lowest BCUT2D eigenvalue weighted by atomic mass is 9.67. The summed E-state index contributed by atoms with van der Waals surface area (Å²) >= 11 is 0. The smallest absolute Gasteiger partial charge is 0.0180 e. The first-order chi connectivity index (χ1) is 6.71. The number of fused-ring (bicyclic) bond motifs is 1. The van der Waals surface area contributed by atoms with Crippen molar-refractivity contribution in [2.45, 2.75) is 66.0 Å². The van der Waals surface area contributed by atoms with Crippen molar-refractivity contribution in [2.75, 3.05) is 6.54 Å². The molecule has 1 heterocycles. The summed E-state index contributed by atoms with van der Waals surface area (Å²) in [6, 6.07) is 0.802. The minimum absolute atomic E-state index is 0.343. The Morgan fingerprint density at radius 1 is 0.933 bits per heavy atom. The van der Waals surface area contributed by atoms with E-state index in [9.17, 15) is 0 Å². The Morgan fingerprint density at radius 3 is 1.87 bits per heavy atom. The zero-order valence-electron chi connectivity index (χ0n) is 11.3. The predicted molar refractivity (Wildman–Crippen MR) is 65.9 cm³/mol. The summed E-state index contributed by atoms with van der Waals surface area (Å²) in [6.45, 7) is 15.7. The van der Waals surface area contributed by atoms with Gasteiger partial charge in [-0.2, -0.15) is 0 Å². The second kappa shape index (κ2) is 3.23. The van der Waals surface area contributed by atoms with Crippen LogP contribution in [0.4, 0.5) is 0 Å². The van der Waals surface area contributed by atoms with E-state index in [1.54, 1.807) is 0 Å². The highest BCUT2D eigenvalue weighted by molar-refractivity contribution is 5.06. The second-order valence-corrected chi connectivity index (χ2v) is 7.64. The molecule has 0 amide bonds. The van der Waals surface area contributed by atoms with Crippen molar-refractivity contribution >= 4 is 0 Å². The Balaban J connectivity index is 2.24. The molecule has 0 aromatic rings. The highest BCUT2D eigenvalue weighted by Crippen LogP contribution is 2.52. The van der Waals surface area contributed by atoms with E-state index in [0.29, 0.717) is 11.0 Å². The van der Waals surface area contributed by atoms with Crippen LogP contribution in [-0.4, -0.2) is 23.0 Å². The molecule has 0 bridgehead atoms. The van der Waals surface area contributed by atoms with Gasteiger partial charge in [-0.15, -0.1) is 0 Å². The molecule has 1 aliphatic carbocycles. The van der Waals surface area contributed by atoms with Crippen LogP contribution in [0.25, 0.3) is 0 Å². The second-order valence-electron chi connectivity index (χ2n) is 7.64. The first-order valence-corrected chi connectivity index (χ1v) is 6.48. The molecule has 1 heteroatoms. The molecule has 0 spiro atoms. The maximum Gasteiger partial charge on any atom is 0.0180 e. The van der Waals surface area contributed by atoms with Gasteiger partial charge in [0.05, 0.1) is 0 Å². The van der Waals surface area contributed by atoms with Gasteiger partial charge < -0.3 is 0 Å². The SMILES string of the molecule is CC(C)(C)[C@@H]1C2CC[C@H]2CN1C(C)(C)C. The van der Waals surface area contributed by atoms with Crippen LogP contribution >= 0.6 is 0 Å². The van der Waals surface area contributed by atoms with Crippen molar-refractivity contribution in [1.82, 2.24) is 4.90 Å². The lowest BCUT2D eigenvalue weighted by Crippen LogP contribution is -2.51. The largest absolute Gasteiger partial charge is 0.294 e. The zero-order valence-corrected chi connectivity index (χ0v) is 11.3. The van der Waals surface area contributed by atoms with Gasteiger partial charge in [0.15, 0.2) is 0 Å². The van der Waals surface area contributed by atoms with Gasteiger partial charge >= 0.3 is 0 Å². The maximum absolute atomic E-state index is 2.77. The maximum atomic E-state index is 2.77. The van der Waals surface area contributed by atoms with Gasteiger partial charge in [0.25, 0.3) is 0 Å². The van der Waals surface area contributed by atoms with Crippen LogP contribution in [0.2, 0.25) is 0 Å². The van der Waals surface area contributed by atoms with Crippen LogP contribution in [0.1, 0.15) is 54.4 Å². The molecule has 88 valence electrons. The third-order valence-corrected chi connectivity index (χ3v) is 4.40. The molecule has 0 aromatic heterocycles. The van der Waals surface area contributed by atoms with Crippen LogP contribution in [-0.2, 0) is 0 Å². The third kappa shape index (κ3) is 1.84. The van der Waals surface area contributed by atoms with Crippen molar-refractivity contribution < 1.29 is 0 Å². The predicted octanol–water partition coefficient (Wildman–Crippen LogP) is 3.54. The Kier molecular flexibility index (Phi) is 2.46. The molecule has 0 radical (unpaired) electrons. The Hall–Kier alpha value is -0.0400. The molecule has 2 rings (SSSR count). The highest BCUT2D eigenvalue weighted by Gasteiger charge is 2.53. The van der Waals surface area contributed by atoms with Crippen molar-refractivity contribution in [3.63, 3.8) is 0 Å². The summed E-state index contributed by atoms with van der Waals surface area (Å²) in [5.74, 6) is 2.00. The van der Waals surface area contributed by atoms with Gasteiger partial charge in [0.2, 0.25) is 0 Å². The zero-order chi connectivity index (χ0) is 11.4. The van der Waals surface area contributed by atoms with Gasteiger partial charge in [-0.1, -0.05) is 20.8 Å². The van der Waals surface area contributed by atoms with E-state index in [1.165, 1.54) is 19.4 Å².